The summed E-state index contributed by atoms with van der Waals surface area (Å²) in [6.07, 6.45) is 2.11. The van der Waals surface area contributed by atoms with Gasteiger partial charge in [-0.2, -0.15) is 0 Å². The number of piperazine rings is 1. The van der Waals surface area contributed by atoms with Crippen LogP contribution in [0.1, 0.15) is 81.8 Å². The lowest BCUT2D eigenvalue weighted by atomic mass is 10.1. The number of nitrogens with zero attached hydrogens (tertiary/aromatic N) is 3. The van der Waals surface area contributed by atoms with Crippen LogP contribution in [0.3, 0.4) is 0 Å². The first kappa shape index (κ1) is 32.4. The number of carbonyl (C=O) groups excluding carboxylic acids is 4. The van der Waals surface area contributed by atoms with Gasteiger partial charge in [-0.15, -0.1) is 0 Å². The van der Waals surface area contributed by atoms with Gasteiger partial charge in [-0.1, -0.05) is 18.2 Å². The van der Waals surface area contributed by atoms with Gasteiger partial charge in [-0.05, 0) is 72.9 Å². The number of aromatic amines is 1. The topological polar surface area (TPSA) is 146 Å². The van der Waals surface area contributed by atoms with Gasteiger partial charge in [0, 0.05) is 38.4 Å². The standard InChI is InChI=1S/C30H44N6O6/c1-29(2,3)41-27(39)22(14-10-11-15-31-28(40)42-30(4,5)6)34-25(37)23-24(33-20-32-23)26(38)36-18-16-35(17-19-36)21-12-8-7-9-13-21/h7-9,12-13,20,22H,10-11,14-19H2,1-6H3,(H,31,40)(H,32,33)(H,34,37)/t22-/m0/s1. The number of rotatable bonds is 10. The summed E-state index contributed by atoms with van der Waals surface area (Å²) in [5, 5.41) is 5.39. The first-order valence-corrected chi connectivity index (χ1v) is 14.4. The second-order valence-corrected chi connectivity index (χ2v) is 12.2. The normalized spacial score (nSPS) is 14.6. The number of anilines is 1. The van der Waals surface area contributed by atoms with Crippen molar-refractivity contribution in [2.75, 3.05) is 37.6 Å². The maximum Gasteiger partial charge on any atom is 0.407 e. The third-order valence-electron chi connectivity index (χ3n) is 6.34. The maximum atomic E-state index is 13.3. The molecule has 42 heavy (non-hydrogen) atoms. The van der Waals surface area contributed by atoms with Crippen LogP contribution >= 0.6 is 0 Å². The van der Waals surface area contributed by atoms with Gasteiger partial charge < -0.3 is 34.9 Å². The van der Waals surface area contributed by atoms with Gasteiger partial charge in [0.15, 0.2) is 5.69 Å². The first-order chi connectivity index (χ1) is 19.7. The van der Waals surface area contributed by atoms with Crippen LogP contribution in [0, 0.1) is 0 Å². The van der Waals surface area contributed by atoms with Crippen LogP contribution in [0.25, 0.3) is 0 Å². The van der Waals surface area contributed by atoms with Crippen LogP contribution in [0.15, 0.2) is 36.7 Å². The van der Waals surface area contributed by atoms with E-state index < -0.39 is 35.2 Å². The van der Waals surface area contributed by atoms with E-state index in [9.17, 15) is 19.2 Å². The van der Waals surface area contributed by atoms with Crippen molar-refractivity contribution >= 4 is 29.6 Å². The number of benzene rings is 1. The number of H-pyrrole nitrogens is 1. The lowest BCUT2D eigenvalue weighted by Gasteiger charge is -2.36. The van der Waals surface area contributed by atoms with Crippen LogP contribution in [-0.4, -0.2) is 88.7 Å². The molecule has 0 radical (unpaired) electrons. The van der Waals surface area contributed by atoms with E-state index in [4.69, 9.17) is 9.47 Å². The summed E-state index contributed by atoms with van der Waals surface area (Å²) in [6.45, 7) is 13.2. The Hall–Kier alpha value is -4.09. The highest BCUT2D eigenvalue weighted by Crippen LogP contribution is 2.18. The quantitative estimate of drug-likeness (QED) is 0.284. The van der Waals surface area contributed by atoms with Gasteiger partial charge >= 0.3 is 12.1 Å². The van der Waals surface area contributed by atoms with Crippen molar-refractivity contribution in [2.45, 2.75) is 78.0 Å². The Balaban J connectivity index is 1.59. The lowest BCUT2D eigenvalue weighted by molar-refractivity contribution is -0.157. The van der Waals surface area contributed by atoms with Crippen LogP contribution in [0.5, 0.6) is 0 Å². The summed E-state index contributed by atoms with van der Waals surface area (Å²) in [4.78, 5) is 62.3. The number of esters is 1. The third kappa shape index (κ3) is 10.1. The van der Waals surface area contributed by atoms with Crippen molar-refractivity contribution in [2.24, 2.45) is 0 Å². The Morgan fingerprint density at radius 1 is 0.929 bits per heavy atom. The van der Waals surface area contributed by atoms with Gasteiger partial charge in [0.05, 0.1) is 6.33 Å². The van der Waals surface area contributed by atoms with Crippen LogP contribution in [-0.2, 0) is 14.3 Å². The molecule has 230 valence electrons. The van der Waals surface area contributed by atoms with Gasteiger partial charge in [0.25, 0.3) is 11.8 Å². The molecule has 1 aromatic carbocycles. The average molecular weight is 585 g/mol. The van der Waals surface area contributed by atoms with E-state index in [1.54, 1.807) is 46.4 Å². The molecule has 1 aliphatic heterocycles. The van der Waals surface area contributed by atoms with Crippen LogP contribution < -0.4 is 15.5 Å². The first-order valence-electron chi connectivity index (χ1n) is 14.4. The molecule has 1 aromatic heterocycles. The van der Waals surface area contributed by atoms with Crippen molar-refractivity contribution in [3.05, 3.63) is 48.0 Å². The Morgan fingerprint density at radius 3 is 2.19 bits per heavy atom. The van der Waals surface area contributed by atoms with Gasteiger partial charge in [0.2, 0.25) is 0 Å². The van der Waals surface area contributed by atoms with E-state index in [-0.39, 0.29) is 23.7 Å². The van der Waals surface area contributed by atoms with Crippen molar-refractivity contribution < 1.29 is 28.7 Å². The van der Waals surface area contributed by atoms with Crippen molar-refractivity contribution in [1.82, 2.24) is 25.5 Å². The van der Waals surface area contributed by atoms with E-state index >= 15 is 0 Å². The minimum atomic E-state index is -0.965. The minimum Gasteiger partial charge on any atom is -0.458 e. The fourth-order valence-electron chi connectivity index (χ4n) is 4.42. The molecule has 12 nitrogen and oxygen atoms in total. The van der Waals surface area contributed by atoms with Gasteiger partial charge in [0.1, 0.15) is 22.9 Å². The van der Waals surface area contributed by atoms with Crippen molar-refractivity contribution in [3.63, 3.8) is 0 Å². The number of carbonyl (C=O) groups is 4. The molecule has 1 atom stereocenters. The molecule has 2 heterocycles. The number of amides is 3. The summed E-state index contributed by atoms with van der Waals surface area (Å²) in [7, 11) is 0. The molecule has 0 spiro atoms. The summed E-state index contributed by atoms with van der Waals surface area (Å²) in [5.74, 6) is -1.56. The summed E-state index contributed by atoms with van der Waals surface area (Å²) in [5.41, 5.74) is -0.261. The number of alkyl carbamates (subject to hydrolysis) is 1. The Morgan fingerprint density at radius 2 is 1.57 bits per heavy atom. The molecule has 2 aromatic rings. The molecule has 1 fully saturated rings. The molecule has 3 amide bonds. The highest BCUT2D eigenvalue weighted by atomic mass is 16.6. The highest BCUT2D eigenvalue weighted by Gasteiger charge is 2.31. The number of unbranched alkanes of at least 4 members (excludes halogenated alkanes) is 1. The van der Waals surface area contributed by atoms with Crippen LogP contribution in [0.2, 0.25) is 0 Å². The number of nitrogens with one attached hydrogen (secondary N) is 3. The molecule has 0 unspecified atom stereocenters. The number of hydrogen-bond acceptors (Lipinski definition) is 8. The third-order valence-corrected chi connectivity index (χ3v) is 6.34. The monoisotopic (exact) mass is 584 g/mol. The summed E-state index contributed by atoms with van der Waals surface area (Å²) in [6, 6.07) is 9.03. The SMILES string of the molecule is CC(C)(C)OC(=O)NCCCC[C@H](NC(=O)c1nc[nH]c1C(=O)N1CCN(c2ccccc2)CC1)C(=O)OC(C)(C)C. The summed E-state index contributed by atoms with van der Waals surface area (Å²) >= 11 is 0. The number of para-hydroxylation sites is 1. The predicted octanol–water partition coefficient (Wildman–Crippen LogP) is 3.51. The Labute approximate surface area is 247 Å². The second-order valence-electron chi connectivity index (χ2n) is 12.2. The maximum absolute atomic E-state index is 13.3. The Bertz CT molecular complexity index is 1210. The molecule has 3 rings (SSSR count). The zero-order valence-corrected chi connectivity index (χ0v) is 25.5. The van der Waals surface area contributed by atoms with Crippen LogP contribution in [0.4, 0.5) is 10.5 Å². The van der Waals surface area contributed by atoms with Crippen molar-refractivity contribution in [1.29, 1.82) is 0 Å². The molecule has 0 saturated carbocycles. The zero-order chi connectivity index (χ0) is 30.9. The highest BCUT2D eigenvalue weighted by molar-refractivity contribution is 6.05. The smallest absolute Gasteiger partial charge is 0.407 e. The van der Waals surface area contributed by atoms with Gasteiger partial charge in [-0.25, -0.2) is 14.6 Å². The largest absolute Gasteiger partial charge is 0.458 e. The fraction of sp³-hybridized carbons (Fsp3) is 0.567. The molecule has 0 aliphatic carbocycles. The molecule has 1 aliphatic rings. The number of imidazole rings is 1. The lowest BCUT2D eigenvalue weighted by Crippen LogP contribution is -2.49. The minimum absolute atomic E-state index is 0.0742. The molecule has 3 N–H and O–H groups in total. The molecular weight excluding hydrogens is 540 g/mol. The number of aromatic nitrogens is 2. The Kier molecular flexibility index (Phi) is 11.0. The van der Waals surface area contributed by atoms with Gasteiger partial charge in [-0.3, -0.25) is 9.59 Å². The van der Waals surface area contributed by atoms with E-state index in [1.807, 2.05) is 30.3 Å². The molecular formula is C30H44N6O6. The number of ether oxygens (including phenoxy) is 2. The van der Waals surface area contributed by atoms with E-state index in [2.05, 4.69) is 25.5 Å². The zero-order valence-electron chi connectivity index (χ0n) is 25.5. The van der Waals surface area contributed by atoms with E-state index in [0.29, 0.717) is 45.6 Å². The summed E-state index contributed by atoms with van der Waals surface area (Å²) < 4.78 is 10.8. The number of hydrogen-bond donors (Lipinski definition) is 3. The second kappa shape index (κ2) is 14.2. The van der Waals surface area contributed by atoms with Crippen molar-refractivity contribution in [3.8, 4) is 0 Å². The van der Waals surface area contributed by atoms with E-state index in [0.717, 1.165) is 5.69 Å². The molecule has 1 saturated heterocycles. The molecule has 0 bridgehead atoms. The fourth-order valence-corrected chi connectivity index (χ4v) is 4.42. The average Bonchev–Trinajstić information content (AvgIpc) is 3.40. The predicted molar refractivity (Wildman–Crippen MR) is 158 cm³/mol. The molecule has 12 heteroatoms. The van der Waals surface area contributed by atoms with E-state index in [1.165, 1.54) is 6.33 Å².